The van der Waals surface area contributed by atoms with Crippen LogP contribution >= 0.6 is 11.6 Å². The van der Waals surface area contributed by atoms with Crippen LogP contribution in [0.1, 0.15) is 25.3 Å². The summed E-state index contributed by atoms with van der Waals surface area (Å²) in [5.74, 6) is 0. The van der Waals surface area contributed by atoms with Crippen LogP contribution in [0.25, 0.3) is 0 Å². The molecule has 0 saturated carbocycles. The highest BCUT2D eigenvalue weighted by molar-refractivity contribution is 6.30. The van der Waals surface area contributed by atoms with Crippen LogP contribution in [0.5, 0.6) is 0 Å². The van der Waals surface area contributed by atoms with Crippen LogP contribution in [0.4, 0.5) is 0 Å². The van der Waals surface area contributed by atoms with Crippen molar-refractivity contribution < 1.29 is 9.72 Å². The van der Waals surface area contributed by atoms with Crippen molar-refractivity contribution in [1.82, 2.24) is 0 Å². The van der Waals surface area contributed by atoms with E-state index >= 15 is 0 Å². The molecule has 0 bridgehead atoms. The van der Waals surface area contributed by atoms with Crippen molar-refractivity contribution in [2.45, 2.75) is 25.2 Å². The molecule has 1 aromatic rings. The Morgan fingerprint density at radius 1 is 1.41 bits per heavy atom. The number of hydrogen-bond donors (Lipinski definition) is 0. The van der Waals surface area contributed by atoms with Crippen LogP contribution < -0.4 is 0 Å². The van der Waals surface area contributed by atoms with Gasteiger partial charge in [-0.3, -0.25) is 10.1 Å². The van der Waals surface area contributed by atoms with Crippen LogP contribution in [0.3, 0.4) is 0 Å². The summed E-state index contributed by atoms with van der Waals surface area (Å²) in [4.78, 5) is 21.1. The summed E-state index contributed by atoms with van der Waals surface area (Å²) in [6.07, 6.45) is 1.42. The maximum Gasteiger partial charge on any atom is 0.213 e. The standard InChI is InChI=1S/C12H14ClNO3/c1-2-12(7-8-15,9-14(16)17)10-3-5-11(13)6-4-10/h3-6,8H,2,7,9H2,1H3/t12-/m1/s1. The van der Waals surface area contributed by atoms with Crippen molar-refractivity contribution in [3.63, 3.8) is 0 Å². The summed E-state index contributed by atoms with van der Waals surface area (Å²) in [7, 11) is 0. The first-order chi connectivity index (χ1) is 8.04. The molecule has 0 aliphatic rings. The maximum absolute atomic E-state index is 10.8. The third kappa shape index (κ3) is 3.27. The average Bonchev–Trinajstić information content (AvgIpc) is 2.28. The Bertz CT molecular complexity index is 405. The number of carbonyl (C=O) groups is 1. The molecule has 0 spiro atoms. The van der Waals surface area contributed by atoms with E-state index in [1.54, 1.807) is 24.3 Å². The molecule has 0 amide bonds. The molecular weight excluding hydrogens is 242 g/mol. The Hall–Kier alpha value is -1.42. The summed E-state index contributed by atoms with van der Waals surface area (Å²) in [5.41, 5.74) is 0.0590. The molecule has 0 radical (unpaired) electrons. The fourth-order valence-corrected chi connectivity index (χ4v) is 2.07. The van der Waals surface area contributed by atoms with Crippen molar-refractivity contribution in [2.75, 3.05) is 6.54 Å². The van der Waals surface area contributed by atoms with E-state index in [2.05, 4.69) is 0 Å². The number of carbonyl (C=O) groups excluding carboxylic acids is 1. The number of aldehydes is 1. The topological polar surface area (TPSA) is 60.2 Å². The van der Waals surface area contributed by atoms with Gasteiger partial charge in [0.2, 0.25) is 6.54 Å². The number of nitrogens with zero attached hydrogens (tertiary/aromatic N) is 1. The molecule has 5 heteroatoms. The summed E-state index contributed by atoms with van der Waals surface area (Å²) < 4.78 is 0. The first-order valence-electron chi connectivity index (χ1n) is 5.35. The molecule has 0 aliphatic carbocycles. The fourth-order valence-electron chi connectivity index (χ4n) is 1.94. The second kappa shape index (κ2) is 5.77. The monoisotopic (exact) mass is 255 g/mol. The molecule has 0 fully saturated rings. The van der Waals surface area contributed by atoms with Crippen molar-refractivity contribution >= 4 is 17.9 Å². The van der Waals surface area contributed by atoms with Crippen LogP contribution in [0, 0.1) is 10.1 Å². The van der Waals surface area contributed by atoms with Crippen molar-refractivity contribution in [1.29, 1.82) is 0 Å². The van der Waals surface area contributed by atoms with Gasteiger partial charge in [-0.1, -0.05) is 30.7 Å². The highest BCUT2D eigenvalue weighted by Crippen LogP contribution is 2.32. The largest absolute Gasteiger partial charge is 0.303 e. The van der Waals surface area contributed by atoms with Gasteiger partial charge in [-0.25, -0.2) is 0 Å². The number of nitro groups is 1. The second-order valence-corrected chi connectivity index (χ2v) is 4.44. The van der Waals surface area contributed by atoms with Gasteiger partial charge in [-0.15, -0.1) is 0 Å². The van der Waals surface area contributed by atoms with Gasteiger partial charge in [0.1, 0.15) is 6.29 Å². The predicted octanol–water partition coefficient (Wildman–Crippen LogP) is 2.85. The average molecular weight is 256 g/mol. The molecule has 4 nitrogen and oxygen atoms in total. The minimum absolute atomic E-state index is 0.145. The zero-order valence-electron chi connectivity index (χ0n) is 9.56. The van der Waals surface area contributed by atoms with Gasteiger partial charge in [0, 0.05) is 16.4 Å². The lowest BCUT2D eigenvalue weighted by Gasteiger charge is -2.27. The molecule has 0 aromatic heterocycles. The van der Waals surface area contributed by atoms with Gasteiger partial charge in [-0.2, -0.15) is 0 Å². The zero-order valence-corrected chi connectivity index (χ0v) is 10.3. The first kappa shape index (κ1) is 13.6. The summed E-state index contributed by atoms with van der Waals surface area (Å²) in [5, 5.41) is 11.3. The van der Waals surface area contributed by atoms with Gasteiger partial charge in [0.25, 0.3) is 0 Å². The highest BCUT2D eigenvalue weighted by Gasteiger charge is 2.35. The highest BCUT2D eigenvalue weighted by atomic mass is 35.5. The zero-order chi connectivity index (χ0) is 12.9. The maximum atomic E-state index is 10.8. The molecule has 1 atom stereocenters. The van der Waals surface area contributed by atoms with E-state index in [4.69, 9.17) is 11.6 Å². The van der Waals surface area contributed by atoms with Crippen LogP contribution in [-0.2, 0) is 10.2 Å². The van der Waals surface area contributed by atoms with E-state index in [9.17, 15) is 14.9 Å². The normalized spacial score (nSPS) is 14.0. The number of benzene rings is 1. The van der Waals surface area contributed by atoms with Crippen LogP contribution in [0.2, 0.25) is 5.02 Å². The second-order valence-electron chi connectivity index (χ2n) is 4.00. The molecule has 1 aromatic carbocycles. The SMILES string of the molecule is CC[C@@](CC=O)(C[N+](=O)[O-])c1ccc(Cl)cc1. The minimum Gasteiger partial charge on any atom is -0.303 e. The first-order valence-corrected chi connectivity index (χ1v) is 5.73. The van der Waals surface area contributed by atoms with Gasteiger partial charge in [-0.05, 0) is 24.1 Å². The molecule has 0 heterocycles. The molecule has 17 heavy (non-hydrogen) atoms. The van der Waals surface area contributed by atoms with Crippen molar-refractivity contribution in [2.24, 2.45) is 0 Å². The van der Waals surface area contributed by atoms with Crippen LogP contribution in [0.15, 0.2) is 24.3 Å². The van der Waals surface area contributed by atoms with Crippen molar-refractivity contribution in [3.05, 3.63) is 45.0 Å². The van der Waals surface area contributed by atoms with E-state index in [-0.39, 0.29) is 17.9 Å². The predicted molar refractivity (Wildman–Crippen MR) is 66.0 cm³/mol. The summed E-state index contributed by atoms with van der Waals surface area (Å²) in [6.45, 7) is 1.60. The Morgan fingerprint density at radius 3 is 2.41 bits per heavy atom. The Labute approximate surface area is 105 Å². The van der Waals surface area contributed by atoms with E-state index in [0.29, 0.717) is 11.4 Å². The van der Waals surface area contributed by atoms with E-state index in [1.807, 2.05) is 6.92 Å². The Balaban J connectivity index is 3.15. The Kier molecular flexibility index (Phi) is 4.63. The van der Waals surface area contributed by atoms with Gasteiger partial charge < -0.3 is 4.79 Å². The number of hydrogen-bond acceptors (Lipinski definition) is 3. The van der Waals surface area contributed by atoms with Gasteiger partial charge in [0.15, 0.2) is 0 Å². The quantitative estimate of drug-likeness (QED) is 0.446. The lowest BCUT2D eigenvalue weighted by Crippen LogP contribution is -2.34. The fraction of sp³-hybridized carbons (Fsp3) is 0.417. The lowest BCUT2D eigenvalue weighted by atomic mass is 9.76. The number of rotatable bonds is 6. The van der Waals surface area contributed by atoms with E-state index in [1.165, 1.54) is 0 Å². The molecule has 0 saturated heterocycles. The molecular formula is C12H14ClNO3. The summed E-state index contributed by atoms with van der Waals surface area (Å²) in [6, 6.07) is 6.87. The third-order valence-electron chi connectivity index (χ3n) is 3.04. The molecule has 0 aliphatic heterocycles. The molecule has 92 valence electrons. The van der Waals surface area contributed by atoms with Crippen LogP contribution in [-0.4, -0.2) is 17.8 Å². The van der Waals surface area contributed by atoms with E-state index in [0.717, 1.165) is 11.8 Å². The van der Waals surface area contributed by atoms with E-state index < -0.39 is 5.41 Å². The minimum atomic E-state index is -0.726. The smallest absolute Gasteiger partial charge is 0.213 e. The Morgan fingerprint density at radius 2 is 2.00 bits per heavy atom. The molecule has 1 rings (SSSR count). The third-order valence-corrected chi connectivity index (χ3v) is 3.29. The van der Waals surface area contributed by atoms with Gasteiger partial charge >= 0.3 is 0 Å². The molecule has 0 N–H and O–H groups in total. The molecule has 0 unspecified atom stereocenters. The number of halogens is 1. The summed E-state index contributed by atoms with van der Waals surface area (Å²) >= 11 is 5.78. The lowest BCUT2D eigenvalue weighted by molar-refractivity contribution is -0.491. The van der Waals surface area contributed by atoms with Gasteiger partial charge in [0.05, 0.1) is 5.41 Å². The van der Waals surface area contributed by atoms with Crippen molar-refractivity contribution in [3.8, 4) is 0 Å².